The summed E-state index contributed by atoms with van der Waals surface area (Å²) in [4.78, 5) is 27.8. The molecule has 0 aliphatic heterocycles. The summed E-state index contributed by atoms with van der Waals surface area (Å²) in [6, 6.07) is 7.89. The van der Waals surface area contributed by atoms with E-state index in [1.807, 2.05) is 29.6 Å². The Balaban J connectivity index is 1.48. The van der Waals surface area contributed by atoms with E-state index in [2.05, 4.69) is 20.9 Å². The van der Waals surface area contributed by atoms with Gasteiger partial charge < -0.3 is 16.0 Å². The van der Waals surface area contributed by atoms with E-state index in [-0.39, 0.29) is 11.9 Å². The number of nitrogens with zero attached hydrogens (tertiary/aromatic N) is 1. The quantitative estimate of drug-likeness (QED) is 0.703. The van der Waals surface area contributed by atoms with Crippen molar-refractivity contribution in [1.82, 2.24) is 15.6 Å². The molecule has 2 aromatic rings. The molecule has 1 fully saturated rings. The molecule has 1 aliphatic carbocycles. The molecule has 6 nitrogen and oxygen atoms in total. The molecule has 1 aromatic heterocycles. The van der Waals surface area contributed by atoms with Crippen LogP contribution in [0.2, 0.25) is 0 Å². The zero-order valence-electron chi connectivity index (χ0n) is 15.6. The lowest BCUT2D eigenvalue weighted by Gasteiger charge is -2.22. The van der Waals surface area contributed by atoms with E-state index in [1.165, 1.54) is 26.2 Å². The monoisotopic (exact) mass is 386 g/mol. The van der Waals surface area contributed by atoms with Gasteiger partial charge in [0.2, 0.25) is 5.91 Å². The van der Waals surface area contributed by atoms with Crippen LogP contribution in [0.1, 0.15) is 44.7 Å². The summed E-state index contributed by atoms with van der Waals surface area (Å²) in [6.07, 6.45) is 6.55. The second kappa shape index (κ2) is 9.50. The van der Waals surface area contributed by atoms with Crippen LogP contribution >= 0.6 is 11.3 Å². The minimum atomic E-state index is -0.0930. The molecule has 0 saturated heterocycles. The lowest BCUT2D eigenvalue weighted by atomic mass is 9.96. The Kier molecular flexibility index (Phi) is 6.81. The fourth-order valence-corrected chi connectivity index (χ4v) is 4.13. The van der Waals surface area contributed by atoms with Gasteiger partial charge >= 0.3 is 6.03 Å². The molecular formula is C20H26N4O2S. The van der Waals surface area contributed by atoms with Crippen molar-refractivity contribution in [2.45, 2.75) is 51.5 Å². The third kappa shape index (κ3) is 6.06. The van der Waals surface area contributed by atoms with Crippen molar-refractivity contribution >= 4 is 29.0 Å². The molecule has 144 valence electrons. The molecule has 0 unspecified atom stereocenters. The molecule has 1 aromatic carbocycles. The summed E-state index contributed by atoms with van der Waals surface area (Å²) < 4.78 is 0. The summed E-state index contributed by atoms with van der Waals surface area (Å²) in [7, 11) is 0. The lowest BCUT2D eigenvalue weighted by molar-refractivity contribution is -0.114. The van der Waals surface area contributed by atoms with Crippen LogP contribution < -0.4 is 16.0 Å². The Morgan fingerprint density at radius 3 is 2.81 bits per heavy atom. The van der Waals surface area contributed by atoms with Crippen LogP contribution in [0.4, 0.5) is 10.5 Å². The standard InChI is InChI=1S/C20H26N4O2S/c1-14(25)22-17-9-5-6-15(12-17)19-23-18(13-27-19)10-11-21-20(26)24-16-7-3-2-4-8-16/h5-6,9,12-13,16H,2-4,7-8,10-11H2,1H3,(H,22,25)(H2,21,24,26). The van der Waals surface area contributed by atoms with Crippen molar-refractivity contribution in [2.75, 3.05) is 11.9 Å². The Labute approximate surface area is 163 Å². The SMILES string of the molecule is CC(=O)Nc1cccc(-c2nc(CCNC(=O)NC3CCCCC3)cs2)c1. The van der Waals surface area contributed by atoms with E-state index in [0.29, 0.717) is 19.0 Å². The van der Waals surface area contributed by atoms with Gasteiger partial charge in [0.15, 0.2) is 0 Å². The van der Waals surface area contributed by atoms with Crippen LogP contribution in [0.25, 0.3) is 10.6 Å². The molecular weight excluding hydrogens is 360 g/mol. The number of anilines is 1. The lowest BCUT2D eigenvalue weighted by Crippen LogP contribution is -2.43. The van der Waals surface area contributed by atoms with Crippen molar-refractivity contribution in [2.24, 2.45) is 0 Å². The molecule has 1 saturated carbocycles. The van der Waals surface area contributed by atoms with Crippen LogP contribution in [0.3, 0.4) is 0 Å². The number of thiazole rings is 1. The highest BCUT2D eigenvalue weighted by molar-refractivity contribution is 7.13. The van der Waals surface area contributed by atoms with Gasteiger partial charge in [-0.2, -0.15) is 0 Å². The van der Waals surface area contributed by atoms with Crippen molar-refractivity contribution in [3.05, 3.63) is 35.3 Å². The van der Waals surface area contributed by atoms with Crippen molar-refractivity contribution in [1.29, 1.82) is 0 Å². The first-order chi connectivity index (χ1) is 13.1. The number of benzene rings is 1. The smallest absolute Gasteiger partial charge is 0.315 e. The first kappa shape index (κ1) is 19.4. The summed E-state index contributed by atoms with van der Waals surface area (Å²) in [5.74, 6) is -0.0930. The average molecular weight is 387 g/mol. The van der Waals surface area contributed by atoms with Crippen LogP contribution in [0.5, 0.6) is 0 Å². The number of carbonyl (C=O) groups is 2. The molecule has 0 atom stereocenters. The van der Waals surface area contributed by atoms with Gasteiger partial charge in [-0.1, -0.05) is 31.4 Å². The van der Waals surface area contributed by atoms with Gasteiger partial charge in [-0.15, -0.1) is 11.3 Å². The number of aromatic nitrogens is 1. The maximum atomic E-state index is 12.0. The van der Waals surface area contributed by atoms with Crippen molar-refractivity contribution in [3.63, 3.8) is 0 Å². The number of amides is 3. The predicted molar refractivity (Wildman–Crippen MR) is 109 cm³/mol. The second-order valence-electron chi connectivity index (χ2n) is 6.89. The van der Waals surface area contributed by atoms with Gasteiger partial charge in [-0.05, 0) is 25.0 Å². The number of hydrogen-bond acceptors (Lipinski definition) is 4. The van der Waals surface area contributed by atoms with Gasteiger partial charge in [-0.25, -0.2) is 9.78 Å². The maximum Gasteiger partial charge on any atom is 0.315 e. The van der Waals surface area contributed by atoms with E-state index >= 15 is 0 Å². The summed E-state index contributed by atoms with van der Waals surface area (Å²) in [5, 5.41) is 11.7. The molecule has 27 heavy (non-hydrogen) atoms. The topological polar surface area (TPSA) is 83.1 Å². The third-order valence-electron chi connectivity index (χ3n) is 4.59. The zero-order chi connectivity index (χ0) is 19.1. The van der Waals surface area contributed by atoms with Gasteiger partial charge in [0.05, 0.1) is 5.69 Å². The number of hydrogen-bond donors (Lipinski definition) is 3. The molecule has 3 rings (SSSR count). The van der Waals surface area contributed by atoms with Gasteiger partial charge in [0.1, 0.15) is 5.01 Å². The summed E-state index contributed by atoms with van der Waals surface area (Å²) in [5.41, 5.74) is 2.69. The molecule has 0 bridgehead atoms. The Hall–Kier alpha value is -2.41. The third-order valence-corrected chi connectivity index (χ3v) is 5.53. The molecule has 1 aliphatic rings. The molecule has 1 heterocycles. The minimum Gasteiger partial charge on any atom is -0.338 e. The fourth-order valence-electron chi connectivity index (χ4n) is 3.28. The van der Waals surface area contributed by atoms with E-state index in [4.69, 9.17) is 0 Å². The van der Waals surface area contributed by atoms with Crippen molar-refractivity contribution < 1.29 is 9.59 Å². The number of nitrogens with one attached hydrogen (secondary N) is 3. The Bertz CT molecular complexity index is 784. The molecule has 3 amide bonds. The van der Waals surface area contributed by atoms with Crippen LogP contribution in [0.15, 0.2) is 29.6 Å². The van der Waals surface area contributed by atoms with E-state index < -0.39 is 0 Å². The molecule has 0 radical (unpaired) electrons. The first-order valence-electron chi connectivity index (χ1n) is 9.47. The number of urea groups is 1. The Morgan fingerprint density at radius 2 is 2.04 bits per heavy atom. The highest BCUT2D eigenvalue weighted by Gasteiger charge is 2.15. The number of carbonyl (C=O) groups excluding carboxylic acids is 2. The van der Waals surface area contributed by atoms with E-state index in [9.17, 15) is 9.59 Å². The second-order valence-corrected chi connectivity index (χ2v) is 7.75. The number of rotatable bonds is 6. The minimum absolute atomic E-state index is 0.0830. The summed E-state index contributed by atoms with van der Waals surface area (Å²) >= 11 is 1.57. The highest BCUT2D eigenvalue weighted by Crippen LogP contribution is 2.26. The van der Waals surface area contributed by atoms with Gasteiger partial charge in [0.25, 0.3) is 0 Å². The van der Waals surface area contributed by atoms with Gasteiger partial charge in [0, 0.05) is 42.6 Å². The van der Waals surface area contributed by atoms with Crippen LogP contribution in [0, 0.1) is 0 Å². The highest BCUT2D eigenvalue weighted by atomic mass is 32.1. The largest absolute Gasteiger partial charge is 0.338 e. The van der Waals surface area contributed by atoms with E-state index in [1.54, 1.807) is 11.3 Å². The Morgan fingerprint density at radius 1 is 1.22 bits per heavy atom. The maximum absolute atomic E-state index is 12.0. The molecule has 3 N–H and O–H groups in total. The average Bonchev–Trinajstić information content (AvgIpc) is 3.11. The molecule has 0 spiro atoms. The summed E-state index contributed by atoms with van der Waals surface area (Å²) in [6.45, 7) is 2.05. The molecule has 7 heteroatoms. The van der Waals surface area contributed by atoms with Crippen LogP contribution in [-0.2, 0) is 11.2 Å². The van der Waals surface area contributed by atoms with Crippen molar-refractivity contribution in [3.8, 4) is 10.6 Å². The van der Waals surface area contributed by atoms with Gasteiger partial charge in [-0.3, -0.25) is 4.79 Å². The predicted octanol–water partition coefficient (Wildman–Crippen LogP) is 3.94. The van der Waals surface area contributed by atoms with Crippen LogP contribution in [-0.4, -0.2) is 29.5 Å². The normalized spacial score (nSPS) is 14.6. The first-order valence-corrected chi connectivity index (χ1v) is 10.3. The fraction of sp³-hybridized carbons (Fsp3) is 0.450. The van der Waals surface area contributed by atoms with E-state index in [0.717, 1.165) is 34.8 Å². The zero-order valence-corrected chi connectivity index (χ0v) is 16.4.